The normalized spacial score (nSPS) is 14.8. The summed E-state index contributed by atoms with van der Waals surface area (Å²) in [5.74, 6) is -0.207. The minimum atomic E-state index is -0.408. The first kappa shape index (κ1) is 19.4. The Hall–Kier alpha value is -2.41. The minimum absolute atomic E-state index is 0.0440. The maximum atomic E-state index is 13.5. The van der Waals surface area contributed by atoms with E-state index < -0.39 is 5.82 Å². The molecule has 1 saturated heterocycles. The van der Waals surface area contributed by atoms with E-state index in [0.717, 1.165) is 4.88 Å². The number of halogens is 1. The van der Waals surface area contributed by atoms with Gasteiger partial charge < -0.3 is 14.5 Å². The van der Waals surface area contributed by atoms with Crippen molar-refractivity contribution in [2.24, 2.45) is 5.92 Å². The summed E-state index contributed by atoms with van der Waals surface area (Å²) in [5, 5.41) is 1.89. The van der Waals surface area contributed by atoms with Crippen molar-refractivity contribution in [3.05, 3.63) is 52.5 Å². The van der Waals surface area contributed by atoms with Gasteiger partial charge in [-0.25, -0.2) is 4.39 Å². The Labute approximate surface area is 162 Å². The Bertz CT molecular complexity index is 773. The first-order chi connectivity index (χ1) is 13.1. The fourth-order valence-corrected chi connectivity index (χ4v) is 3.85. The topological polar surface area (TPSA) is 49.9 Å². The third kappa shape index (κ3) is 4.86. The van der Waals surface area contributed by atoms with Gasteiger partial charge in [0, 0.05) is 26.1 Å². The van der Waals surface area contributed by atoms with Crippen molar-refractivity contribution in [3.63, 3.8) is 0 Å². The molecule has 2 aromatic rings. The zero-order chi connectivity index (χ0) is 19.2. The summed E-state index contributed by atoms with van der Waals surface area (Å²) in [6.07, 6.45) is 1.32. The van der Waals surface area contributed by atoms with E-state index in [1.807, 2.05) is 22.4 Å². The van der Waals surface area contributed by atoms with Crippen molar-refractivity contribution in [3.8, 4) is 5.75 Å². The van der Waals surface area contributed by atoms with Gasteiger partial charge in [-0.2, -0.15) is 0 Å². The van der Waals surface area contributed by atoms with Crippen LogP contribution in [0.15, 0.2) is 41.8 Å². The molecule has 1 fully saturated rings. The number of piperidine rings is 1. The van der Waals surface area contributed by atoms with Crippen LogP contribution in [0.5, 0.6) is 5.75 Å². The van der Waals surface area contributed by atoms with Gasteiger partial charge in [-0.15, -0.1) is 11.3 Å². The number of amides is 2. The smallest absolute Gasteiger partial charge is 0.263 e. The van der Waals surface area contributed by atoms with Crippen LogP contribution in [0.3, 0.4) is 0 Å². The summed E-state index contributed by atoms with van der Waals surface area (Å²) < 4.78 is 18.9. The molecule has 7 heteroatoms. The van der Waals surface area contributed by atoms with E-state index >= 15 is 0 Å². The third-order valence-electron chi connectivity index (χ3n) is 4.76. The molecule has 27 heavy (non-hydrogen) atoms. The summed E-state index contributed by atoms with van der Waals surface area (Å²) in [4.78, 5) is 29.2. The lowest BCUT2D eigenvalue weighted by Crippen LogP contribution is -2.44. The van der Waals surface area contributed by atoms with Gasteiger partial charge in [-0.05, 0) is 36.4 Å². The monoisotopic (exact) mass is 390 g/mol. The van der Waals surface area contributed by atoms with Gasteiger partial charge in [0.05, 0.1) is 11.4 Å². The van der Waals surface area contributed by atoms with Crippen molar-refractivity contribution in [1.82, 2.24) is 9.80 Å². The van der Waals surface area contributed by atoms with Gasteiger partial charge in [0.15, 0.2) is 11.6 Å². The number of likely N-dealkylation sites (N-methyl/N-ethyl adjacent to an activating group) is 1. The molecular weight excluding hydrogens is 367 g/mol. The van der Waals surface area contributed by atoms with Crippen molar-refractivity contribution in [2.75, 3.05) is 33.3 Å². The van der Waals surface area contributed by atoms with E-state index in [1.165, 1.54) is 17.4 Å². The molecule has 0 spiro atoms. The molecule has 5 nitrogen and oxygen atoms in total. The molecule has 0 bridgehead atoms. The fraction of sp³-hybridized carbons (Fsp3) is 0.400. The number of thiophene rings is 1. The number of rotatable bonds is 6. The molecule has 0 radical (unpaired) electrons. The molecule has 1 aromatic carbocycles. The first-order valence-electron chi connectivity index (χ1n) is 9.01. The summed E-state index contributed by atoms with van der Waals surface area (Å²) in [5.41, 5.74) is 0. The van der Waals surface area contributed by atoms with E-state index in [4.69, 9.17) is 4.74 Å². The van der Waals surface area contributed by atoms with Gasteiger partial charge in [0.2, 0.25) is 5.91 Å². The number of hydrogen-bond donors (Lipinski definition) is 0. The second-order valence-corrected chi connectivity index (χ2v) is 7.53. The predicted molar refractivity (Wildman–Crippen MR) is 102 cm³/mol. The highest BCUT2D eigenvalue weighted by Crippen LogP contribution is 2.22. The molecule has 2 heterocycles. The number of ether oxygens (including phenoxy) is 1. The standard InChI is InChI=1S/C20H23FN2O3S/c1-22(12-13-26-17-6-3-2-5-16(17)21)19(24)15-8-10-23(11-9-15)20(25)18-7-4-14-27-18/h2-7,14-15H,8-13H2,1H3. The van der Waals surface area contributed by atoms with Crippen LogP contribution in [0.25, 0.3) is 0 Å². The van der Waals surface area contributed by atoms with Crippen LogP contribution in [0.4, 0.5) is 4.39 Å². The number of carbonyl (C=O) groups is 2. The van der Waals surface area contributed by atoms with Gasteiger partial charge in [0.1, 0.15) is 6.61 Å². The average Bonchev–Trinajstić information content (AvgIpc) is 3.23. The molecule has 1 aliphatic heterocycles. The number of benzene rings is 1. The van der Waals surface area contributed by atoms with Crippen LogP contribution < -0.4 is 4.74 Å². The van der Waals surface area contributed by atoms with Gasteiger partial charge in [0.25, 0.3) is 5.91 Å². The largest absolute Gasteiger partial charge is 0.489 e. The van der Waals surface area contributed by atoms with Gasteiger partial charge >= 0.3 is 0 Å². The van der Waals surface area contributed by atoms with Crippen LogP contribution in [0, 0.1) is 11.7 Å². The molecule has 0 atom stereocenters. The molecule has 1 aromatic heterocycles. The van der Waals surface area contributed by atoms with Crippen molar-refractivity contribution in [2.45, 2.75) is 12.8 Å². The third-order valence-corrected chi connectivity index (χ3v) is 5.62. The second-order valence-electron chi connectivity index (χ2n) is 6.58. The molecule has 0 unspecified atom stereocenters. The van der Waals surface area contributed by atoms with Crippen LogP contribution in [0.2, 0.25) is 0 Å². The maximum absolute atomic E-state index is 13.5. The molecule has 0 saturated carbocycles. The maximum Gasteiger partial charge on any atom is 0.263 e. The van der Waals surface area contributed by atoms with Crippen molar-refractivity contribution >= 4 is 23.2 Å². The lowest BCUT2D eigenvalue weighted by molar-refractivity contribution is -0.135. The molecule has 2 amide bonds. The molecule has 144 valence electrons. The highest BCUT2D eigenvalue weighted by Gasteiger charge is 2.29. The van der Waals surface area contributed by atoms with Crippen molar-refractivity contribution < 1.29 is 18.7 Å². The lowest BCUT2D eigenvalue weighted by Gasteiger charge is -2.33. The molecule has 0 aliphatic carbocycles. The van der Waals surface area contributed by atoms with E-state index in [-0.39, 0.29) is 30.1 Å². The number of likely N-dealkylation sites (tertiary alicyclic amines) is 1. The second kappa shape index (κ2) is 8.99. The highest BCUT2D eigenvalue weighted by atomic mass is 32.1. The summed E-state index contributed by atoms with van der Waals surface area (Å²) in [7, 11) is 1.73. The predicted octanol–water partition coefficient (Wildman–Crippen LogP) is 3.28. The lowest BCUT2D eigenvalue weighted by atomic mass is 9.95. The van der Waals surface area contributed by atoms with Gasteiger partial charge in [-0.1, -0.05) is 18.2 Å². The quantitative estimate of drug-likeness (QED) is 0.761. The molecule has 3 rings (SSSR count). The zero-order valence-corrected chi connectivity index (χ0v) is 16.1. The van der Waals surface area contributed by atoms with E-state index in [0.29, 0.717) is 32.5 Å². The van der Waals surface area contributed by atoms with Crippen molar-refractivity contribution in [1.29, 1.82) is 0 Å². The summed E-state index contributed by atoms with van der Waals surface area (Å²) >= 11 is 1.44. The number of nitrogens with zero attached hydrogens (tertiary/aromatic N) is 2. The summed E-state index contributed by atoms with van der Waals surface area (Å²) in [6, 6.07) is 9.92. The Morgan fingerprint density at radius 2 is 1.96 bits per heavy atom. The number of hydrogen-bond acceptors (Lipinski definition) is 4. The van der Waals surface area contributed by atoms with E-state index in [2.05, 4.69) is 0 Å². The SMILES string of the molecule is CN(CCOc1ccccc1F)C(=O)C1CCN(C(=O)c2cccs2)CC1. The molecule has 1 aliphatic rings. The zero-order valence-electron chi connectivity index (χ0n) is 15.3. The van der Waals surface area contributed by atoms with Crippen LogP contribution in [-0.2, 0) is 4.79 Å². The van der Waals surface area contributed by atoms with Crippen LogP contribution >= 0.6 is 11.3 Å². The van der Waals surface area contributed by atoms with Gasteiger partial charge in [-0.3, -0.25) is 9.59 Å². The Balaban J connectivity index is 1.43. The fourth-order valence-electron chi connectivity index (χ4n) is 3.16. The highest BCUT2D eigenvalue weighted by molar-refractivity contribution is 7.12. The Morgan fingerprint density at radius 1 is 1.22 bits per heavy atom. The summed E-state index contributed by atoms with van der Waals surface area (Å²) in [6.45, 7) is 1.81. The number of carbonyl (C=O) groups excluding carboxylic acids is 2. The van der Waals surface area contributed by atoms with E-state index in [9.17, 15) is 14.0 Å². The van der Waals surface area contributed by atoms with Crippen LogP contribution in [0.1, 0.15) is 22.5 Å². The minimum Gasteiger partial charge on any atom is -0.489 e. The Morgan fingerprint density at radius 3 is 2.63 bits per heavy atom. The molecular formula is C20H23FN2O3S. The van der Waals surface area contributed by atoms with E-state index in [1.54, 1.807) is 30.1 Å². The average molecular weight is 390 g/mol. The number of para-hydroxylation sites is 1. The molecule has 0 N–H and O–H groups in total. The Kier molecular flexibility index (Phi) is 6.45. The van der Waals surface area contributed by atoms with Crippen LogP contribution in [-0.4, -0.2) is 54.9 Å². The first-order valence-corrected chi connectivity index (χ1v) is 9.89.